The van der Waals surface area contributed by atoms with Crippen molar-refractivity contribution in [1.82, 2.24) is 5.32 Å². The van der Waals surface area contributed by atoms with Gasteiger partial charge in [0.25, 0.3) is 0 Å². The van der Waals surface area contributed by atoms with Gasteiger partial charge in [0.2, 0.25) is 0 Å². The second-order valence-electron chi connectivity index (χ2n) is 6.72. The molecular formula is C20H26N3O+. The van der Waals surface area contributed by atoms with E-state index in [0.29, 0.717) is 17.4 Å². The van der Waals surface area contributed by atoms with Crippen LogP contribution >= 0.6 is 0 Å². The Bertz CT molecular complexity index is 683. The van der Waals surface area contributed by atoms with E-state index in [0.717, 1.165) is 11.1 Å². The zero-order valence-electron chi connectivity index (χ0n) is 14.4. The summed E-state index contributed by atoms with van der Waals surface area (Å²) < 4.78 is 0.544. The molecule has 0 aromatic heterocycles. The molecule has 1 atom stereocenters. The summed E-state index contributed by atoms with van der Waals surface area (Å²) in [7, 11) is 4.11. The fourth-order valence-corrected chi connectivity index (χ4v) is 3.10. The van der Waals surface area contributed by atoms with Gasteiger partial charge in [0, 0.05) is 6.42 Å². The lowest BCUT2D eigenvalue weighted by atomic mass is 9.82. The molecule has 4 nitrogen and oxygen atoms in total. The van der Waals surface area contributed by atoms with Gasteiger partial charge >= 0.3 is 6.03 Å². The van der Waals surface area contributed by atoms with Gasteiger partial charge in [-0.25, -0.2) is 4.79 Å². The molecule has 0 spiro atoms. The molecule has 2 amide bonds. The standard InChI is InChI=1S/C20H25N3O/c1-4-23(2,3)16-20(22-19(21)24,18-13-9-6-10-14-18)15-17-11-7-5-8-12-17/h4-14H,1,15-16H2,2-3H3,(H2-,21,22,24)/p+1. The van der Waals surface area contributed by atoms with Crippen LogP contribution < -0.4 is 11.1 Å². The van der Waals surface area contributed by atoms with Gasteiger partial charge in [0.1, 0.15) is 12.1 Å². The molecule has 0 fully saturated rings. The summed E-state index contributed by atoms with van der Waals surface area (Å²) in [4.78, 5) is 11.8. The van der Waals surface area contributed by atoms with E-state index in [1.54, 1.807) is 0 Å². The number of primary amides is 1. The number of hydrogen-bond donors (Lipinski definition) is 2. The molecular weight excluding hydrogens is 298 g/mol. The molecule has 126 valence electrons. The van der Waals surface area contributed by atoms with Crippen molar-refractivity contribution in [3.8, 4) is 0 Å². The van der Waals surface area contributed by atoms with E-state index in [4.69, 9.17) is 5.73 Å². The van der Waals surface area contributed by atoms with E-state index in [-0.39, 0.29) is 0 Å². The minimum atomic E-state index is -0.619. The highest BCUT2D eigenvalue weighted by Gasteiger charge is 2.39. The number of quaternary nitrogens is 1. The first-order valence-electron chi connectivity index (χ1n) is 8.00. The van der Waals surface area contributed by atoms with Crippen molar-refractivity contribution < 1.29 is 9.28 Å². The summed E-state index contributed by atoms with van der Waals surface area (Å²) in [5, 5.41) is 3.02. The summed E-state index contributed by atoms with van der Waals surface area (Å²) in [6.07, 6.45) is 2.52. The number of rotatable bonds is 7. The molecule has 2 rings (SSSR count). The second kappa shape index (κ2) is 7.32. The van der Waals surface area contributed by atoms with Crippen molar-refractivity contribution in [2.24, 2.45) is 5.73 Å². The van der Waals surface area contributed by atoms with E-state index in [1.807, 2.05) is 54.7 Å². The third-order valence-corrected chi connectivity index (χ3v) is 4.21. The number of urea groups is 1. The summed E-state index contributed by atoms with van der Waals surface area (Å²) in [5.74, 6) is 0. The number of likely N-dealkylation sites (N-methyl/N-ethyl adjacent to an activating group) is 1. The normalized spacial score (nSPS) is 13.8. The van der Waals surface area contributed by atoms with Crippen molar-refractivity contribution in [2.45, 2.75) is 12.0 Å². The predicted molar refractivity (Wildman–Crippen MR) is 98.2 cm³/mol. The van der Waals surface area contributed by atoms with Gasteiger partial charge in [-0.05, 0) is 17.7 Å². The second-order valence-corrected chi connectivity index (χ2v) is 6.72. The Balaban J connectivity index is 2.54. The highest BCUT2D eigenvalue weighted by atomic mass is 16.2. The minimum Gasteiger partial charge on any atom is -0.352 e. The largest absolute Gasteiger partial charge is 0.352 e. The molecule has 0 bridgehead atoms. The SMILES string of the molecule is C=C[N+](C)(C)CC(Cc1ccccc1)(NC(N)=O)c1ccccc1. The van der Waals surface area contributed by atoms with Crippen LogP contribution in [0.3, 0.4) is 0 Å². The number of hydrogen-bond acceptors (Lipinski definition) is 1. The van der Waals surface area contributed by atoms with E-state index in [1.165, 1.54) is 0 Å². The third kappa shape index (κ3) is 4.46. The number of carbonyl (C=O) groups is 1. The van der Waals surface area contributed by atoms with Crippen molar-refractivity contribution in [3.05, 3.63) is 84.6 Å². The summed E-state index contributed by atoms with van der Waals surface area (Å²) >= 11 is 0. The number of nitrogens with two attached hydrogens (primary N) is 1. The smallest absolute Gasteiger partial charge is 0.313 e. The van der Waals surface area contributed by atoms with Crippen LogP contribution in [0.2, 0.25) is 0 Å². The number of nitrogens with one attached hydrogen (secondary N) is 1. The van der Waals surface area contributed by atoms with Gasteiger partial charge in [-0.3, -0.25) is 0 Å². The highest BCUT2D eigenvalue weighted by molar-refractivity contribution is 5.73. The average molecular weight is 324 g/mol. The maximum absolute atomic E-state index is 11.8. The molecule has 24 heavy (non-hydrogen) atoms. The third-order valence-electron chi connectivity index (χ3n) is 4.21. The molecule has 1 unspecified atom stereocenters. The number of nitrogens with zero attached hydrogens (tertiary/aromatic N) is 1. The van der Waals surface area contributed by atoms with Crippen LogP contribution in [0.1, 0.15) is 11.1 Å². The number of benzene rings is 2. The zero-order valence-corrected chi connectivity index (χ0v) is 14.4. The van der Waals surface area contributed by atoms with Crippen molar-refractivity contribution in [1.29, 1.82) is 0 Å². The van der Waals surface area contributed by atoms with E-state index < -0.39 is 11.6 Å². The first kappa shape index (κ1) is 17.8. The molecule has 0 aliphatic heterocycles. The maximum Gasteiger partial charge on any atom is 0.313 e. The van der Waals surface area contributed by atoms with Crippen LogP contribution in [-0.2, 0) is 12.0 Å². The van der Waals surface area contributed by atoms with Gasteiger partial charge in [-0.1, -0.05) is 60.7 Å². The Morgan fingerprint density at radius 2 is 1.67 bits per heavy atom. The maximum atomic E-state index is 11.8. The molecule has 0 aliphatic carbocycles. The van der Waals surface area contributed by atoms with Crippen molar-refractivity contribution in [3.63, 3.8) is 0 Å². The molecule has 4 heteroatoms. The minimum absolute atomic E-state index is 0.529. The Kier molecular flexibility index (Phi) is 5.42. The van der Waals surface area contributed by atoms with Crippen LogP contribution in [0.5, 0.6) is 0 Å². The topological polar surface area (TPSA) is 55.1 Å². The summed E-state index contributed by atoms with van der Waals surface area (Å²) in [5.41, 5.74) is 7.09. The Labute approximate surface area is 144 Å². The van der Waals surface area contributed by atoms with Gasteiger partial charge in [-0.2, -0.15) is 0 Å². The van der Waals surface area contributed by atoms with Crippen molar-refractivity contribution >= 4 is 6.03 Å². The van der Waals surface area contributed by atoms with Gasteiger partial charge in [0.15, 0.2) is 0 Å². The van der Waals surface area contributed by atoms with Crippen LogP contribution in [0.25, 0.3) is 0 Å². The zero-order chi connectivity index (χ0) is 17.6. The van der Waals surface area contributed by atoms with Crippen LogP contribution in [0, 0.1) is 0 Å². The molecule has 0 saturated carbocycles. The fraction of sp³-hybridized carbons (Fsp3) is 0.250. The fourth-order valence-electron chi connectivity index (χ4n) is 3.10. The Morgan fingerprint density at radius 3 is 2.17 bits per heavy atom. The molecule has 0 aliphatic rings. The summed E-state index contributed by atoms with van der Waals surface area (Å²) in [6, 6.07) is 19.6. The predicted octanol–water partition coefficient (Wildman–Crippen LogP) is 3.01. The van der Waals surface area contributed by atoms with E-state index in [9.17, 15) is 4.79 Å². The molecule has 2 aromatic carbocycles. The lowest BCUT2D eigenvalue weighted by Crippen LogP contribution is -2.58. The first-order chi connectivity index (χ1) is 11.4. The average Bonchev–Trinajstić information content (AvgIpc) is 2.55. The quantitative estimate of drug-likeness (QED) is 0.756. The molecule has 2 aromatic rings. The van der Waals surface area contributed by atoms with Crippen LogP contribution in [0.15, 0.2) is 73.4 Å². The summed E-state index contributed by atoms with van der Waals surface area (Å²) in [6.45, 7) is 4.56. The van der Waals surface area contributed by atoms with Gasteiger partial charge in [0.05, 0.1) is 20.3 Å². The lowest BCUT2D eigenvalue weighted by molar-refractivity contribution is -0.843. The van der Waals surface area contributed by atoms with Gasteiger partial charge < -0.3 is 15.5 Å². The van der Waals surface area contributed by atoms with Crippen LogP contribution in [0.4, 0.5) is 4.79 Å². The van der Waals surface area contributed by atoms with Crippen molar-refractivity contribution in [2.75, 3.05) is 20.6 Å². The monoisotopic (exact) mass is 324 g/mol. The number of amides is 2. The Hall–Kier alpha value is -2.59. The molecule has 0 heterocycles. The van der Waals surface area contributed by atoms with Crippen LogP contribution in [-0.4, -0.2) is 31.2 Å². The van der Waals surface area contributed by atoms with E-state index >= 15 is 0 Å². The molecule has 3 N–H and O–H groups in total. The highest BCUT2D eigenvalue weighted by Crippen LogP contribution is 2.29. The Morgan fingerprint density at radius 1 is 1.12 bits per heavy atom. The molecule has 0 radical (unpaired) electrons. The van der Waals surface area contributed by atoms with E-state index in [2.05, 4.69) is 38.1 Å². The molecule has 0 saturated heterocycles. The first-order valence-corrected chi connectivity index (χ1v) is 8.00. The number of carbonyl (C=O) groups excluding carboxylic acids is 1. The van der Waals surface area contributed by atoms with Gasteiger partial charge in [-0.15, -0.1) is 0 Å². The lowest BCUT2D eigenvalue weighted by Gasteiger charge is -2.40.